The second-order valence-electron chi connectivity index (χ2n) is 14.7. The van der Waals surface area contributed by atoms with Crippen molar-refractivity contribution < 1.29 is 8.83 Å². The van der Waals surface area contributed by atoms with E-state index in [9.17, 15) is 0 Å². The highest BCUT2D eigenvalue weighted by Gasteiger charge is 2.21. The van der Waals surface area contributed by atoms with Gasteiger partial charge in [-0.2, -0.15) is 0 Å². The summed E-state index contributed by atoms with van der Waals surface area (Å²) in [7, 11) is 0. The zero-order chi connectivity index (χ0) is 38.2. The van der Waals surface area contributed by atoms with Gasteiger partial charge in [0.15, 0.2) is 17.5 Å². The fraction of sp³-hybridized carbons (Fsp3) is 0. The molecule has 0 spiro atoms. The molecular weight excluding hydrogens is 711 g/mol. The predicted octanol–water partition coefficient (Wildman–Crippen LogP) is 14.3. The second-order valence-corrected chi connectivity index (χ2v) is 14.7. The molecule has 0 N–H and O–H groups in total. The summed E-state index contributed by atoms with van der Waals surface area (Å²) in [5, 5.41) is 8.82. The minimum Gasteiger partial charge on any atom is -0.456 e. The molecule has 0 bridgehead atoms. The number of furan rings is 2. The molecule has 9 aromatic carbocycles. The minimum atomic E-state index is 0.560. The average Bonchev–Trinajstić information content (AvgIpc) is 3.87. The molecule has 0 saturated carbocycles. The quantitative estimate of drug-likeness (QED) is 0.176. The number of aromatic nitrogens is 3. The first kappa shape index (κ1) is 32.4. The van der Waals surface area contributed by atoms with Crippen LogP contribution < -0.4 is 0 Å². The van der Waals surface area contributed by atoms with E-state index < -0.39 is 0 Å². The van der Waals surface area contributed by atoms with Gasteiger partial charge in [0.1, 0.15) is 22.3 Å². The summed E-state index contributed by atoms with van der Waals surface area (Å²) in [5.74, 6) is 1.71. The van der Waals surface area contributed by atoms with Crippen LogP contribution in [0.25, 0.3) is 122 Å². The van der Waals surface area contributed by atoms with Crippen molar-refractivity contribution in [3.63, 3.8) is 0 Å². The molecule has 5 nitrogen and oxygen atoms in total. The van der Waals surface area contributed by atoms with Crippen molar-refractivity contribution >= 4 is 65.4 Å². The Labute approximate surface area is 332 Å². The number of hydrogen-bond donors (Lipinski definition) is 0. The van der Waals surface area contributed by atoms with Crippen LogP contribution in [-0.2, 0) is 0 Å². The topological polar surface area (TPSA) is 65.0 Å². The normalized spacial score (nSPS) is 11.8. The summed E-state index contributed by atoms with van der Waals surface area (Å²) in [6.07, 6.45) is 0. The first-order valence-electron chi connectivity index (χ1n) is 19.4. The zero-order valence-corrected chi connectivity index (χ0v) is 31.1. The first-order chi connectivity index (χ1) is 28.7. The van der Waals surface area contributed by atoms with Crippen molar-refractivity contribution in [2.45, 2.75) is 0 Å². The fourth-order valence-corrected chi connectivity index (χ4v) is 8.50. The Hall–Kier alpha value is -7.89. The Morgan fingerprint density at radius 1 is 0.293 bits per heavy atom. The third kappa shape index (κ3) is 5.21. The third-order valence-electron chi connectivity index (χ3n) is 11.3. The van der Waals surface area contributed by atoms with Gasteiger partial charge in [-0.15, -0.1) is 0 Å². The van der Waals surface area contributed by atoms with Crippen LogP contribution in [0.15, 0.2) is 197 Å². The van der Waals surface area contributed by atoms with Gasteiger partial charge in [0.2, 0.25) is 0 Å². The molecule has 12 rings (SSSR count). The smallest absolute Gasteiger partial charge is 0.164 e. The van der Waals surface area contributed by atoms with E-state index in [1.54, 1.807) is 0 Å². The van der Waals surface area contributed by atoms with E-state index in [2.05, 4.69) is 152 Å². The lowest BCUT2D eigenvalue weighted by Crippen LogP contribution is -2.00. The van der Waals surface area contributed by atoms with Gasteiger partial charge < -0.3 is 8.83 Å². The standard InChI is InChI=1S/C53H31N3O2/c1-2-12-36-30-37(25-20-32(36)10-1)51-54-52(38-26-27-43-42-15-5-7-18-46(42)57-48(43)31-38)56-53(55-51)45-29-28-41(50-49(45)44-16-6-8-19-47(44)58-50)35-23-21-34(22-24-35)40-17-9-13-33-11-3-4-14-39(33)40/h1-31H. The highest BCUT2D eigenvalue weighted by Crippen LogP contribution is 2.42. The molecule has 0 unspecified atom stereocenters. The van der Waals surface area contributed by atoms with Gasteiger partial charge in [-0.25, -0.2) is 15.0 Å². The molecule has 270 valence electrons. The van der Waals surface area contributed by atoms with Gasteiger partial charge in [0.05, 0.1) is 0 Å². The van der Waals surface area contributed by atoms with Crippen molar-refractivity contribution in [3.8, 4) is 56.4 Å². The van der Waals surface area contributed by atoms with Crippen LogP contribution in [0, 0.1) is 0 Å². The SMILES string of the molecule is c1ccc2cc(-c3nc(-c4ccc5c(c4)oc4ccccc45)nc(-c4ccc(-c5ccc(-c6cccc7ccccc67)cc5)c5oc6ccccc6c45)n3)ccc2c1. The Bertz CT molecular complexity index is 3570. The minimum absolute atomic E-state index is 0.560. The summed E-state index contributed by atoms with van der Waals surface area (Å²) in [6.45, 7) is 0. The lowest BCUT2D eigenvalue weighted by Gasteiger charge is -2.12. The number of hydrogen-bond acceptors (Lipinski definition) is 5. The zero-order valence-electron chi connectivity index (χ0n) is 31.1. The van der Waals surface area contributed by atoms with Gasteiger partial charge >= 0.3 is 0 Å². The Balaban J connectivity index is 1.05. The molecule has 0 aliphatic rings. The molecule has 0 radical (unpaired) electrons. The van der Waals surface area contributed by atoms with Crippen molar-refractivity contribution in [2.24, 2.45) is 0 Å². The molecule has 0 aliphatic heterocycles. The Morgan fingerprint density at radius 2 is 0.845 bits per heavy atom. The maximum absolute atomic E-state index is 6.74. The molecule has 3 aromatic heterocycles. The van der Waals surface area contributed by atoms with Crippen molar-refractivity contribution in [3.05, 3.63) is 188 Å². The van der Waals surface area contributed by atoms with E-state index >= 15 is 0 Å². The van der Waals surface area contributed by atoms with E-state index in [1.807, 2.05) is 36.4 Å². The van der Waals surface area contributed by atoms with Crippen molar-refractivity contribution in [1.82, 2.24) is 15.0 Å². The van der Waals surface area contributed by atoms with Crippen LogP contribution >= 0.6 is 0 Å². The molecule has 0 fully saturated rings. The lowest BCUT2D eigenvalue weighted by molar-refractivity contribution is 0.669. The largest absolute Gasteiger partial charge is 0.456 e. The molecule has 0 amide bonds. The molecule has 0 aliphatic carbocycles. The summed E-state index contributed by atoms with van der Waals surface area (Å²) >= 11 is 0. The summed E-state index contributed by atoms with van der Waals surface area (Å²) in [4.78, 5) is 15.6. The third-order valence-corrected chi connectivity index (χ3v) is 11.3. The van der Waals surface area contributed by atoms with Crippen molar-refractivity contribution in [1.29, 1.82) is 0 Å². The number of rotatable bonds is 5. The van der Waals surface area contributed by atoms with Gasteiger partial charge in [-0.05, 0) is 80.7 Å². The van der Waals surface area contributed by atoms with E-state index in [-0.39, 0.29) is 0 Å². The Kier molecular flexibility index (Phi) is 7.16. The van der Waals surface area contributed by atoms with E-state index in [0.29, 0.717) is 17.5 Å². The van der Waals surface area contributed by atoms with Gasteiger partial charge in [-0.3, -0.25) is 0 Å². The Morgan fingerprint density at radius 3 is 1.66 bits per heavy atom. The van der Waals surface area contributed by atoms with Crippen LogP contribution in [0.2, 0.25) is 0 Å². The summed E-state index contributed by atoms with van der Waals surface area (Å²) in [5.41, 5.74) is 10.3. The molecule has 58 heavy (non-hydrogen) atoms. The van der Waals surface area contributed by atoms with Crippen LogP contribution in [0.1, 0.15) is 0 Å². The van der Waals surface area contributed by atoms with Crippen molar-refractivity contribution in [2.75, 3.05) is 0 Å². The van der Waals surface area contributed by atoms with Crippen LogP contribution in [0.4, 0.5) is 0 Å². The number of fused-ring (bicyclic) bond motifs is 8. The number of para-hydroxylation sites is 2. The van der Waals surface area contributed by atoms with Gasteiger partial charge in [0, 0.05) is 43.8 Å². The monoisotopic (exact) mass is 741 g/mol. The maximum Gasteiger partial charge on any atom is 0.164 e. The number of nitrogens with zero attached hydrogens (tertiary/aromatic N) is 3. The van der Waals surface area contributed by atoms with Crippen LogP contribution in [-0.4, -0.2) is 15.0 Å². The van der Waals surface area contributed by atoms with Gasteiger partial charge in [0.25, 0.3) is 0 Å². The summed E-state index contributed by atoms with van der Waals surface area (Å²) < 4.78 is 13.1. The molecule has 3 heterocycles. The summed E-state index contributed by atoms with van der Waals surface area (Å²) in [6, 6.07) is 65.2. The molecule has 12 aromatic rings. The van der Waals surface area contributed by atoms with E-state index in [1.165, 1.54) is 16.3 Å². The molecule has 0 atom stereocenters. The van der Waals surface area contributed by atoms with Gasteiger partial charge in [-0.1, -0.05) is 146 Å². The maximum atomic E-state index is 6.74. The fourth-order valence-electron chi connectivity index (χ4n) is 8.50. The highest BCUT2D eigenvalue weighted by atomic mass is 16.3. The average molecular weight is 742 g/mol. The van der Waals surface area contributed by atoms with E-state index in [4.69, 9.17) is 23.8 Å². The second kappa shape index (κ2) is 12.8. The molecular formula is C53H31N3O2. The highest BCUT2D eigenvalue weighted by molar-refractivity contribution is 6.16. The lowest BCUT2D eigenvalue weighted by atomic mass is 9.94. The molecule has 0 saturated heterocycles. The number of benzene rings is 9. The predicted molar refractivity (Wildman–Crippen MR) is 237 cm³/mol. The first-order valence-corrected chi connectivity index (χ1v) is 19.4. The van der Waals surface area contributed by atoms with E-state index in [0.717, 1.165) is 88.0 Å². The molecule has 5 heteroatoms. The van der Waals surface area contributed by atoms with Crippen LogP contribution in [0.5, 0.6) is 0 Å². The van der Waals surface area contributed by atoms with Crippen LogP contribution in [0.3, 0.4) is 0 Å².